The van der Waals surface area contributed by atoms with Crippen LogP contribution in [0.25, 0.3) is 98.8 Å². The molecule has 0 amide bonds. The van der Waals surface area contributed by atoms with Crippen LogP contribution in [0.4, 0.5) is 0 Å². The molecule has 0 saturated carbocycles. The fourth-order valence-electron chi connectivity index (χ4n) is 7.28. The third kappa shape index (κ3) is 4.36. The summed E-state index contributed by atoms with van der Waals surface area (Å²) in [6, 6.07) is 38.9. The molecule has 0 unspecified atom stereocenters. The summed E-state index contributed by atoms with van der Waals surface area (Å²) in [5, 5.41) is 14.8. The highest BCUT2D eigenvalue weighted by Gasteiger charge is 2.22. The number of phenols is 1. The van der Waals surface area contributed by atoms with Crippen LogP contribution < -0.4 is 0 Å². The molecule has 0 bridgehead atoms. The summed E-state index contributed by atoms with van der Waals surface area (Å²) in [7, 11) is 0. The Balaban J connectivity index is 1.27. The lowest BCUT2D eigenvalue weighted by atomic mass is 9.83. The first kappa shape index (κ1) is 21.4. The van der Waals surface area contributed by atoms with E-state index in [4.69, 9.17) is 12.6 Å². The molecule has 50 heavy (non-hydrogen) atoms. The molecule has 0 fully saturated rings. The van der Waals surface area contributed by atoms with E-state index >= 15 is 0 Å². The second-order valence-electron chi connectivity index (χ2n) is 12.3. The van der Waals surface area contributed by atoms with Crippen LogP contribution in [0.5, 0.6) is 5.75 Å². The molecule has 0 aliphatic carbocycles. The van der Waals surface area contributed by atoms with Gasteiger partial charge in [0.05, 0.1) is 11.0 Å². The average molecular weight is 647 g/mol. The van der Waals surface area contributed by atoms with Crippen molar-refractivity contribution in [2.75, 3.05) is 0 Å². The summed E-state index contributed by atoms with van der Waals surface area (Å²) in [5.74, 6) is -0.511. The number of fused-ring (bicyclic) bond motifs is 7. The van der Waals surface area contributed by atoms with Crippen molar-refractivity contribution in [1.29, 1.82) is 0 Å². The quantitative estimate of drug-likeness (QED) is 0.193. The molecule has 0 radical (unpaired) electrons. The molecular formula is C48H30O2. The van der Waals surface area contributed by atoms with Gasteiger partial charge in [-0.2, -0.15) is 0 Å². The maximum Gasteiger partial charge on any atom is 0.143 e. The van der Waals surface area contributed by atoms with Crippen molar-refractivity contribution in [3.05, 3.63) is 176 Å². The third-order valence-corrected chi connectivity index (χ3v) is 9.53. The molecule has 2 nitrogen and oxygen atoms in total. The summed E-state index contributed by atoms with van der Waals surface area (Å²) in [6.45, 7) is 0. The smallest absolute Gasteiger partial charge is 0.143 e. The van der Waals surface area contributed by atoms with Gasteiger partial charge in [0.15, 0.2) is 0 Å². The molecule has 2 heteroatoms. The minimum Gasteiger partial charge on any atom is -0.507 e. The van der Waals surface area contributed by atoms with Crippen molar-refractivity contribution >= 4 is 54.3 Å². The molecule has 10 aromatic rings. The summed E-state index contributed by atoms with van der Waals surface area (Å²) >= 11 is 0. The van der Waals surface area contributed by atoms with Crippen molar-refractivity contribution in [3.63, 3.8) is 0 Å². The molecule has 0 saturated heterocycles. The lowest BCUT2D eigenvalue weighted by Gasteiger charge is -2.20. The van der Waals surface area contributed by atoms with Gasteiger partial charge in [-0.05, 0) is 78.4 Å². The summed E-state index contributed by atoms with van der Waals surface area (Å²) in [6.07, 6.45) is 0. The molecule has 1 N–H and O–H groups in total. The van der Waals surface area contributed by atoms with Gasteiger partial charge in [0, 0.05) is 27.3 Å². The van der Waals surface area contributed by atoms with Gasteiger partial charge in [0.25, 0.3) is 0 Å². The maximum absolute atomic E-state index is 12.1. The zero-order valence-electron chi connectivity index (χ0n) is 34.5. The first-order valence-electron chi connectivity index (χ1n) is 20.3. The fourth-order valence-corrected chi connectivity index (χ4v) is 7.28. The molecule has 0 atom stereocenters. The van der Waals surface area contributed by atoms with Crippen LogP contribution in [-0.4, -0.2) is 5.11 Å². The SMILES string of the molecule is [2H]c1c([2H])c([2H])c2c(c1[2H])c([2H])c([2H])c1c2oc2c([2H])c(-c3c4ccccc4c(-c4ccccc4-c4ccc(-c5ccccc5)cc4)c4ccccc34)c(O)c([2H])c21. The highest BCUT2D eigenvalue weighted by molar-refractivity contribution is 6.24. The molecule has 10 rings (SSSR count). The van der Waals surface area contributed by atoms with Crippen LogP contribution >= 0.6 is 0 Å². The van der Waals surface area contributed by atoms with Crippen molar-refractivity contribution in [3.8, 4) is 50.3 Å². The van der Waals surface area contributed by atoms with Gasteiger partial charge in [0.2, 0.25) is 0 Å². The first-order valence-corrected chi connectivity index (χ1v) is 16.3. The number of aromatic hydroxyl groups is 1. The minimum atomic E-state index is -0.547. The number of hydrogen-bond acceptors (Lipinski definition) is 2. The van der Waals surface area contributed by atoms with Gasteiger partial charge in [-0.1, -0.05) is 158 Å². The largest absolute Gasteiger partial charge is 0.507 e. The molecule has 0 aliphatic rings. The van der Waals surface area contributed by atoms with E-state index in [0.29, 0.717) is 5.56 Å². The molecule has 0 aliphatic heterocycles. The zero-order chi connectivity index (χ0) is 40.1. The number of hydrogen-bond donors (Lipinski definition) is 1. The van der Waals surface area contributed by atoms with Gasteiger partial charge < -0.3 is 9.52 Å². The van der Waals surface area contributed by atoms with Gasteiger partial charge in [-0.3, -0.25) is 0 Å². The average Bonchev–Trinajstić information content (AvgIpc) is 3.67. The van der Waals surface area contributed by atoms with E-state index in [1.807, 2.05) is 78.9 Å². The van der Waals surface area contributed by atoms with Crippen LogP contribution in [0.15, 0.2) is 180 Å². The second kappa shape index (κ2) is 11.2. The molecule has 0 spiro atoms. The Morgan fingerprint density at radius 1 is 0.420 bits per heavy atom. The Bertz CT molecular complexity index is 3320. The van der Waals surface area contributed by atoms with Crippen molar-refractivity contribution in [2.45, 2.75) is 0 Å². The van der Waals surface area contributed by atoms with E-state index < -0.39 is 48.0 Å². The van der Waals surface area contributed by atoms with Crippen LogP contribution in [0.3, 0.4) is 0 Å². The van der Waals surface area contributed by atoms with E-state index in [1.54, 1.807) is 0 Å². The Morgan fingerprint density at radius 2 is 0.980 bits per heavy atom. The molecule has 234 valence electrons. The van der Waals surface area contributed by atoms with Gasteiger partial charge in [0.1, 0.15) is 16.9 Å². The van der Waals surface area contributed by atoms with Crippen molar-refractivity contribution < 1.29 is 20.5 Å². The zero-order valence-corrected chi connectivity index (χ0v) is 26.5. The van der Waals surface area contributed by atoms with E-state index in [2.05, 4.69) is 48.5 Å². The van der Waals surface area contributed by atoms with E-state index in [1.165, 1.54) is 0 Å². The molecular weight excluding hydrogens is 609 g/mol. The topological polar surface area (TPSA) is 33.4 Å². The van der Waals surface area contributed by atoms with Gasteiger partial charge in [-0.15, -0.1) is 0 Å². The van der Waals surface area contributed by atoms with Gasteiger partial charge in [-0.25, -0.2) is 0 Å². The van der Waals surface area contributed by atoms with E-state index in [-0.39, 0.29) is 44.3 Å². The Hall–Kier alpha value is -6.64. The van der Waals surface area contributed by atoms with E-state index in [9.17, 15) is 7.85 Å². The van der Waals surface area contributed by atoms with Crippen LogP contribution in [0.1, 0.15) is 11.0 Å². The maximum atomic E-state index is 12.1. The standard InChI is InChI=1S/C48H30O2/c49-44-28-42-41-27-26-32-14-4-5-16-35(32)48(41)50-45(42)29-43(44)47-39-20-10-8-18-37(39)46(38-19-9-11-21-40(38)47)36-17-7-6-15-34(36)33-24-22-31(23-25-33)30-12-2-1-3-13-30/h1-29,49H/i4D,5D,14D,16D,26D,27D,28D,29D. The van der Waals surface area contributed by atoms with Crippen LogP contribution in [0.2, 0.25) is 0 Å². The number of phenolic OH excluding ortho intramolecular Hbond substituents is 1. The minimum absolute atomic E-state index is 0.0455. The second-order valence-corrected chi connectivity index (χ2v) is 12.3. The summed E-state index contributed by atoms with van der Waals surface area (Å²) in [5.41, 5.74) is 6.53. The summed E-state index contributed by atoms with van der Waals surface area (Å²) < 4.78 is 76.8. The predicted octanol–water partition coefficient (Wildman–Crippen LogP) is 13.4. The Kier molecular flexibility index (Phi) is 4.79. The monoisotopic (exact) mass is 646 g/mol. The normalized spacial score (nSPS) is 13.9. The highest BCUT2D eigenvalue weighted by Crippen LogP contribution is 2.49. The molecule has 1 aromatic heterocycles. The van der Waals surface area contributed by atoms with E-state index in [0.717, 1.165) is 54.9 Å². The molecule has 9 aromatic carbocycles. The van der Waals surface area contributed by atoms with Crippen LogP contribution in [0, 0.1) is 0 Å². The highest BCUT2D eigenvalue weighted by atomic mass is 16.3. The van der Waals surface area contributed by atoms with Crippen LogP contribution in [-0.2, 0) is 0 Å². The lowest BCUT2D eigenvalue weighted by Crippen LogP contribution is -1.93. The summed E-state index contributed by atoms with van der Waals surface area (Å²) in [4.78, 5) is 0. The molecule has 1 heterocycles. The van der Waals surface area contributed by atoms with Crippen molar-refractivity contribution in [2.24, 2.45) is 0 Å². The predicted molar refractivity (Wildman–Crippen MR) is 210 cm³/mol. The number of benzene rings is 9. The Labute approximate surface area is 300 Å². The van der Waals surface area contributed by atoms with Gasteiger partial charge >= 0.3 is 0 Å². The first-order chi connectivity index (χ1) is 28.1. The van der Waals surface area contributed by atoms with Crippen molar-refractivity contribution in [1.82, 2.24) is 0 Å². The fraction of sp³-hybridized carbons (Fsp3) is 0. The third-order valence-electron chi connectivity index (χ3n) is 9.53. The Morgan fingerprint density at radius 3 is 1.68 bits per heavy atom. The number of furan rings is 1. The number of rotatable bonds is 4. The lowest BCUT2D eigenvalue weighted by molar-refractivity contribution is 0.478.